The van der Waals surface area contributed by atoms with Crippen molar-refractivity contribution in [2.24, 2.45) is 5.14 Å². The molecule has 2 aromatic rings. The largest absolute Gasteiger partial charge is 0.487 e. The number of rotatable bonds is 4. The van der Waals surface area contributed by atoms with Crippen LogP contribution in [0.1, 0.15) is 5.56 Å². The molecule has 0 radical (unpaired) electrons. The second kappa shape index (κ2) is 6.08. The molecule has 0 aliphatic heterocycles. The lowest BCUT2D eigenvalue weighted by Gasteiger charge is -2.11. The number of halogens is 3. The van der Waals surface area contributed by atoms with Crippen LogP contribution in [0.15, 0.2) is 45.8 Å². The first kappa shape index (κ1) is 15.9. The van der Waals surface area contributed by atoms with E-state index in [4.69, 9.17) is 9.88 Å². The summed E-state index contributed by atoms with van der Waals surface area (Å²) in [7, 11) is -4.13. The van der Waals surface area contributed by atoms with E-state index in [0.29, 0.717) is 10.0 Å². The Labute approximate surface area is 128 Å². The molecule has 8 heteroatoms. The third-order valence-corrected chi connectivity index (χ3v) is 4.31. The van der Waals surface area contributed by atoms with Crippen LogP contribution in [0.25, 0.3) is 0 Å². The molecule has 2 rings (SSSR count). The molecule has 0 atom stereocenters. The van der Waals surface area contributed by atoms with Crippen LogP contribution in [0.4, 0.5) is 8.78 Å². The van der Waals surface area contributed by atoms with Gasteiger partial charge in [0.05, 0.1) is 0 Å². The molecular weight excluding hydrogens is 368 g/mol. The highest BCUT2D eigenvalue weighted by molar-refractivity contribution is 9.10. The zero-order chi connectivity index (χ0) is 15.6. The minimum atomic E-state index is -4.13. The van der Waals surface area contributed by atoms with Crippen LogP contribution >= 0.6 is 15.9 Å². The minimum absolute atomic E-state index is 0.102. The number of benzene rings is 2. The van der Waals surface area contributed by atoms with Crippen molar-refractivity contribution in [2.45, 2.75) is 11.5 Å². The first-order chi connectivity index (χ1) is 9.77. The van der Waals surface area contributed by atoms with Crippen molar-refractivity contribution in [1.82, 2.24) is 0 Å². The van der Waals surface area contributed by atoms with Gasteiger partial charge in [-0.3, -0.25) is 0 Å². The topological polar surface area (TPSA) is 69.4 Å². The van der Waals surface area contributed by atoms with Gasteiger partial charge in [0.15, 0.2) is 0 Å². The molecule has 0 bridgehead atoms. The molecule has 0 spiro atoms. The zero-order valence-electron chi connectivity index (χ0n) is 10.5. The van der Waals surface area contributed by atoms with Crippen molar-refractivity contribution in [2.75, 3.05) is 0 Å². The molecule has 2 aromatic carbocycles. The van der Waals surface area contributed by atoms with E-state index in [1.807, 2.05) is 0 Å². The number of ether oxygens (including phenoxy) is 1. The van der Waals surface area contributed by atoms with Crippen LogP contribution in [-0.2, 0) is 16.6 Å². The fourth-order valence-electron chi connectivity index (χ4n) is 1.63. The number of hydrogen-bond donors (Lipinski definition) is 1. The molecule has 112 valence electrons. The zero-order valence-corrected chi connectivity index (χ0v) is 12.9. The molecule has 21 heavy (non-hydrogen) atoms. The van der Waals surface area contributed by atoms with Gasteiger partial charge in [-0.15, -0.1) is 0 Å². The molecule has 0 aliphatic carbocycles. The highest BCUT2D eigenvalue weighted by Gasteiger charge is 2.17. The third kappa shape index (κ3) is 3.99. The van der Waals surface area contributed by atoms with Crippen LogP contribution in [0, 0.1) is 11.6 Å². The predicted octanol–water partition coefficient (Wildman–Crippen LogP) is 2.95. The van der Waals surface area contributed by atoms with Gasteiger partial charge in [0.2, 0.25) is 10.0 Å². The fourth-order valence-corrected chi connectivity index (χ4v) is 2.68. The number of nitrogens with two attached hydrogens (primary N) is 1. The molecular formula is C13H10BrF2NO3S. The van der Waals surface area contributed by atoms with Crippen LogP contribution in [-0.4, -0.2) is 8.42 Å². The van der Waals surface area contributed by atoms with Crippen molar-refractivity contribution in [1.29, 1.82) is 0 Å². The Bertz CT molecular complexity index is 781. The Morgan fingerprint density at radius 1 is 1.10 bits per heavy atom. The van der Waals surface area contributed by atoms with Crippen molar-refractivity contribution in [3.05, 3.63) is 58.1 Å². The smallest absolute Gasteiger partial charge is 0.241 e. The lowest BCUT2D eigenvalue weighted by molar-refractivity contribution is 0.296. The van der Waals surface area contributed by atoms with Crippen LogP contribution in [0.3, 0.4) is 0 Å². The quantitative estimate of drug-likeness (QED) is 0.890. The van der Waals surface area contributed by atoms with Crippen LogP contribution in [0.2, 0.25) is 0 Å². The molecule has 0 fully saturated rings. The summed E-state index contributed by atoms with van der Waals surface area (Å²) in [5, 5.41) is 5.01. The summed E-state index contributed by atoms with van der Waals surface area (Å²) in [6, 6.07) is 6.98. The molecule has 0 heterocycles. The van der Waals surface area contributed by atoms with Gasteiger partial charge in [-0.05, 0) is 36.4 Å². The van der Waals surface area contributed by atoms with Crippen molar-refractivity contribution < 1.29 is 21.9 Å². The van der Waals surface area contributed by atoms with E-state index >= 15 is 0 Å². The van der Waals surface area contributed by atoms with Gasteiger partial charge in [0, 0.05) is 10.0 Å². The molecule has 4 nitrogen and oxygen atoms in total. The van der Waals surface area contributed by atoms with Gasteiger partial charge >= 0.3 is 0 Å². The fraction of sp³-hybridized carbons (Fsp3) is 0.0769. The van der Waals surface area contributed by atoms with Crippen molar-refractivity contribution >= 4 is 26.0 Å². The van der Waals surface area contributed by atoms with Gasteiger partial charge in [0.25, 0.3) is 0 Å². The normalized spacial score (nSPS) is 11.4. The Balaban J connectivity index is 2.30. The number of hydrogen-bond acceptors (Lipinski definition) is 3. The molecule has 0 saturated heterocycles. The number of primary sulfonamides is 1. The van der Waals surface area contributed by atoms with Gasteiger partial charge in [-0.25, -0.2) is 22.3 Å². The van der Waals surface area contributed by atoms with Gasteiger partial charge in [-0.1, -0.05) is 15.9 Å². The number of sulfonamides is 1. The van der Waals surface area contributed by atoms with Gasteiger partial charge in [-0.2, -0.15) is 0 Å². The highest BCUT2D eigenvalue weighted by atomic mass is 79.9. The molecule has 0 aromatic heterocycles. The standard InChI is InChI=1S/C13H10BrF2NO3S/c14-11-3-1-9(15)5-8(11)7-20-12-4-2-10(16)6-13(12)21(17,18)19/h1-6H,7H2,(H2,17,18,19). The Morgan fingerprint density at radius 2 is 1.71 bits per heavy atom. The molecule has 2 N–H and O–H groups in total. The monoisotopic (exact) mass is 377 g/mol. The Morgan fingerprint density at radius 3 is 2.38 bits per heavy atom. The summed E-state index contributed by atoms with van der Waals surface area (Å²) < 4.78 is 55.0. The maximum atomic E-state index is 13.2. The van der Waals surface area contributed by atoms with E-state index in [0.717, 1.165) is 18.2 Å². The Kier molecular flexibility index (Phi) is 4.60. The van der Waals surface area contributed by atoms with Crippen molar-refractivity contribution in [3.8, 4) is 5.75 Å². The lowest BCUT2D eigenvalue weighted by atomic mass is 10.2. The summed E-state index contributed by atoms with van der Waals surface area (Å²) in [5.74, 6) is -1.31. The van der Waals surface area contributed by atoms with Gasteiger partial charge < -0.3 is 4.74 Å². The average molecular weight is 378 g/mol. The first-order valence-electron chi connectivity index (χ1n) is 5.66. The minimum Gasteiger partial charge on any atom is -0.487 e. The third-order valence-electron chi connectivity index (χ3n) is 2.60. The SMILES string of the molecule is NS(=O)(=O)c1cc(F)ccc1OCc1cc(F)ccc1Br. The van der Waals surface area contributed by atoms with E-state index in [9.17, 15) is 17.2 Å². The van der Waals surface area contributed by atoms with E-state index in [-0.39, 0.29) is 12.4 Å². The maximum Gasteiger partial charge on any atom is 0.241 e. The average Bonchev–Trinajstić information content (AvgIpc) is 2.40. The van der Waals surface area contributed by atoms with Crippen molar-refractivity contribution in [3.63, 3.8) is 0 Å². The summed E-state index contributed by atoms with van der Waals surface area (Å²) in [4.78, 5) is -0.463. The van der Waals surface area contributed by atoms with Crippen LogP contribution < -0.4 is 9.88 Å². The highest BCUT2D eigenvalue weighted by Crippen LogP contribution is 2.26. The lowest BCUT2D eigenvalue weighted by Crippen LogP contribution is -2.14. The second-order valence-electron chi connectivity index (χ2n) is 4.16. The van der Waals surface area contributed by atoms with E-state index in [1.54, 1.807) is 0 Å². The molecule has 0 aliphatic rings. The Hall–Kier alpha value is -1.51. The maximum absolute atomic E-state index is 13.2. The van der Waals surface area contributed by atoms with Gasteiger partial charge in [0.1, 0.15) is 28.9 Å². The first-order valence-corrected chi connectivity index (χ1v) is 8.00. The summed E-state index contributed by atoms with van der Waals surface area (Å²) in [6.45, 7) is -0.105. The summed E-state index contributed by atoms with van der Waals surface area (Å²) >= 11 is 3.22. The predicted molar refractivity (Wildman–Crippen MR) is 76.2 cm³/mol. The van der Waals surface area contributed by atoms with Crippen LogP contribution in [0.5, 0.6) is 5.75 Å². The summed E-state index contributed by atoms with van der Waals surface area (Å²) in [5.41, 5.74) is 0.472. The molecule has 0 saturated carbocycles. The molecule has 0 unspecified atom stereocenters. The van der Waals surface area contributed by atoms with E-state index in [1.165, 1.54) is 18.2 Å². The summed E-state index contributed by atoms with van der Waals surface area (Å²) in [6.07, 6.45) is 0. The van der Waals surface area contributed by atoms with E-state index < -0.39 is 26.6 Å². The second-order valence-corrected chi connectivity index (χ2v) is 6.54. The van der Waals surface area contributed by atoms with E-state index in [2.05, 4.69) is 15.9 Å². The molecule has 0 amide bonds.